The van der Waals surface area contributed by atoms with E-state index in [1.54, 1.807) is 74.6 Å². The highest BCUT2D eigenvalue weighted by Crippen LogP contribution is 2.19. The van der Waals surface area contributed by atoms with Crippen LogP contribution in [0.5, 0.6) is 0 Å². The quantitative estimate of drug-likeness (QED) is 0.0153. The number of aliphatic hydroxyl groups is 1. The van der Waals surface area contributed by atoms with E-state index in [0.29, 0.717) is 22.0 Å². The number of aliphatic carboxylic acids is 1. The van der Waals surface area contributed by atoms with Crippen molar-refractivity contribution in [2.24, 2.45) is 39.6 Å². The van der Waals surface area contributed by atoms with Gasteiger partial charge in [-0.2, -0.15) is 0 Å². The van der Waals surface area contributed by atoms with E-state index in [4.69, 9.17) is 28.7 Å². The molecule has 11 amide bonds. The summed E-state index contributed by atoms with van der Waals surface area (Å²) in [5, 5.41) is 41.2. The number of fused-ring (bicyclic) bond motifs is 1. The van der Waals surface area contributed by atoms with Gasteiger partial charge >= 0.3 is 5.97 Å². The fourth-order valence-corrected chi connectivity index (χ4v) is 7.43. The average Bonchev–Trinajstić information content (AvgIpc) is 3.84. The van der Waals surface area contributed by atoms with Crippen LogP contribution in [0.2, 0.25) is 0 Å². The molecule has 0 aliphatic carbocycles. The molecule has 0 bridgehead atoms. The first-order valence-corrected chi connectivity index (χ1v) is 24.8. The van der Waals surface area contributed by atoms with E-state index < -0.39 is 152 Å². The highest BCUT2D eigenvalue weighted by atomic mass is 16.4. The van der Waals surface area contributed by atoms with Crippen molar-refractivity contribution in [3.63, 3.8) is 0 Å². The van der Waals surface area contributed by atoms with Crippen molar-refractivity contribution in [1.29, 1.82) is 0 Å². The molecule has 3 aromatic rings. The van der Waals surface area contributed by atoms with E-state index >= 15 is 0 Å². The van der Waals surface area contributed by atoms with E-state index in [1.807, 2.05) is 0 Å². The number of hydrogen-bond acceptors (Lipinski definition) is 15. The molecule has 2 aromatic carbocycles. The summed E-state index contributed by atoms with van der Waals surface area (Å²) in [5.74, 6) is -13.0. The minimum Gasteiger partial charge on any atom is -0.480 e. The Labute approximate surface area is 452 Å². The van der Waals surface area contributed by atoms with E-state index in [2.05, 4.69) is 57.8 Å². The van der Waals surface area contributed by atoms with Crippen LogP contribution in [0.25, 0.3) is 10.9 Å². The minimum absolute atomic E-state index is 0.0399. The number of aromatic amines is 1. The molecule has 0 spiro atoms. The Kier molecular flexibility index (Phi) is 25.8. The third-order valence-electron chi connectivity index (χ3n) is 11.8. The summed E-state index contributed by atoms with van der Waals surface area (Å²) < 4.78 is 0. The minimum atomic E-state index is -1.80. The summed E-state index contributed by atoms with van der Waals surface area (Å²) >= 11 is 0. The van der Waals surface area contributed by atoms with Crippen LogP contribution in [0, 0.1) is 5.92 Å². The van der Waals surface area contributed by atoms with Crippen molar-refractivity contribution in [2.75, 3.05) is 26.2 Å². The van der Waals surface area contributed by atoms with E-state index in [-0.39, 0.29) is 44.1 Å². The number of carbonyl (C=O) groups is 12. The van der Waals surface area contributed by atoms with Gasteiger partial charge in [-0.25, -0.2) is 4.79 Å². The number of aromatic nitrogens is 1. The summed E-state index contributed by atoms with van der Waals surface area (Å²) in [7, 11) is 0. The number of guanidine groups is 1. The van der Waals surface area contributed by atoms with Gasteiger partial charge in [-0.1, -0.05) is 62.4 Å². The van der Waals surface area contributed by atoms with E-state index in [1.165, 1.54) is 0 Å². The summed E-state index contributed by atoms with van der Waals surface area (Å²) in [6, 6.07) is 3.34. The zero-order valence-electron chi connectivity index (χ0n) is 43.7. The molecule has 430 valence electrons. The van der Waals surface area contributed by atoms with Crippen LogP contribution in [0.4, 0.5) is 0 Å². The molecule has 22 N–H and O–H groups in total. The highest BCUT2D eigenvalue weighted by molar-refractivity contribution is 5.99. The lowest BCUT2D eigenvalue weighted by Crippen LogP contribution is -2.59. The lowest BCUT2D eigenvalue weighted by molar-refractivity contribution is -0.142. The molecule has 0 aliphatic heterocycles. The van der Waals surface area contributed by atoms with Crippen LogP contribution in [0.3, 0.4) is 0 Å². The number of amides is 11. The predicted octanol–water partition coefficient (Wildman–Crippen LogP) is -6.54. The van der Waals surface area contributed by atoms with Gasteiger partial charge in [0.1, 0.15) is 42.3 Å². The zero-order chi connectivity index (χ0) is 58.9. The van der Waals surface area contributed by atoms with Crippen LogP contribution in [0.15, 0.2) is 65.8 Å². The van der Waals surface area contributed by atoms with Crippen LogP contribution in [0.1, 0.15) is 57.6 Å². The number of benzene rings is 2. The molecular weight excluding hydrogens is 1040 g/mol. The molecule has 0 fully saturated rings. The Hall–Kier alpha value is -9.19. The molecule has 0 saturated carbocycles. The molecule has 1 heterocycles. The second-order valence-electron chi connectivity index (χ2n) is 18.5. The van der Waals surface area contributed by atoms with Gasteiger partial charge in [0.05, 0.1) is 38.6 Å². The normalized spacial score (nSPS) is 13.9. The molecule has 0 aliphatic rings. The van der Waals surface area contributed by atoms with Gasteiger partial charge in [-0.15, -0.1) is 0 Å². The number of nitrogens with zero attached hydrogens (tertiary/aromatic N) is 1. The number of aliphatic hydroxyl groups excluding tert-OH is 1. The van der Waals surface area contributed by atoms with Crippen molar-refractivity contribution in [2.45, 2.75) is 108 Å². The largest absolute Gasteiger partial charge is 0.480 e. The second-order valence-corrected chi connectivity index (χ2v) is 18.5. The number of H-pyrrole nitrogens is 1. The van der Waals surface area contributed by atoms with Gasteiger partial charge in [-0.05, 0) is 42.9 Å². The number of carboxylic acid groups (broad SMARTS) is 1. The maximum absolute atomic E-state index is 13.9. The Bertz CT molecular complexity index is 2700. The number of rotatable bonds is 33. The lowest BCUT2D eigenvalue weighted by Gasteiger charge is -2.25. The Morgan fingerprint density at radius 1 is 0.570 bits per heavy atom. The van der Waals surface area contributed by atoms with Crippen LogP contribution in [-0.4, -0.2) is 167 Å². The smallest absolute Gasteiger partial charge is 0.326 e. The van der Waals surface area contributed by atoms with Crippen LogP contribution in [-0.2, 0) is 70.4 Å². The predicted molar refractivity (Wildman–Crippen MR) is 282 cm³/mol. The standard InChI is InChI=1S/C49H70N16O14/c1-24(2)40(52)47(77)65-35(23-66)43(73)58-22-39(70)61-31(17-27-20-56-29-13-8-7-12-28(27)29)42(72)57-21-38(69)60-30(14-9-15-55-49(53)54)44(74)63-32(18-36(50)67)45(75)59-25(3)41(71)62-33(19-37(51)68)46(76)64-34(48(78)79)16-26-10-5-4-6-11-26/h4-8,10-13,20,24-25,30-35,40,56,66H,9,14-19,21-23,52H2,1-3H3,(H2,50,67)(H2,51,68)(H,57,72)(H,58,73)(H,59,75)(H,60,69)(H,61,70)(H,62,71)(H,63,74)(H,64,76)(H,65,77)(H,78,79)(H4,53,54,55)/t25-,30-,31-,32-,33-,34-,35-,40-/m0/s1. The summed E-state index contributed by atoms with van der Waals surface area (Å²) in [6.07, 6.45) is -0.508. The molecule has 8 atom stereocenters. The summed E-state index contributed by atoms with van der Waals surface area (Å²) in [4.78, 5) is 163. The van der Waals surface area contributed by atoms with Gasteiger partial charge in [-0.3, -0.25) is 57.7 Å². The van der Waals surface area contributed by atoms with Gasteiger partial charge in [0.2, 0.25) is 65.0 Å². The number of nitrogens with one attached hydrogen (secondary N) is 10. The molecular formula is C49H70N16O14. The number of carboxylic acids is 1. The monoisotopic (exact) mass is 1110 g/mol. The van der Waals surface area contributed by atoms with Crippen molar-refractivity contribution < 1.29 is 67.7 Å². The number of primary amides is 2. The van der Waals surface area contributed by atoms with Crippen molar-refractivity contribution in [3.05, 3.63) is 71.9 Å². The number of carbonyl (C=O) groups excluding carboxylic acids is 11. The molecule has 1 aromatic heterocycles. The molecule has 3 rings (SSSR count). The molecule has 30 nitrogen and oxygen atoms in total. The first-order valence-electron chi connectivity index (χ1n) is 24.8. The molecule has 30 heteroatoms. The first-order chi connectivity index (χ1) is 37.3. The third kappa shape index (κ3) is 22.1. The second kappa shape index (κ2) is 31.8. The zero-order valence-corrected chi connectivity index (χ0v) is 43.7. The number of hydrogen-bond donors (Lipinski definition) is 17. The van der Waals surface area contributed by atoms with Crippen LogP contribution < -0.4 is 76.5 Å². The third-order valence-corrected chi connectivity index (χ3v) is 11.8. The molecule has 0 unspecified atom stereocenters. The Morgan fingerprint density at radius 3 is 1.63 bits per heavy atom. The lowest BCUT2D eigenvalue weighted by atomic mass is 10.0. The number of para-hydroxylation sites is 1. The summed E-state index contributed by atoms with van der Waals surface area (Å²) in [6.45, 7) is 2.09. The summed E-state index contributed by atoms with van der Waals surface area (Å²) in [5.41, 5.74) is 29.2. The number of aliphatic imine (C=N–C) groups is 1. The van der Waals surface area contributed by atoms with E-state index in [0.717, 1.165) is 6.92 Å². The maximum atomic E-state index is 13.9. The van der Waals surface area contributed by atoms with E-state index in [9.17, 15) is 67.7 Å². The van der Waals surface area contributed by atoms with Crippen molar-refractivity contribution in [1.82, 2.24) is 52.8 Å². The topological polar surface area (TPSA) is 512 Å². The Balaban J connectivity index is 1.75. The fraction of sp³-hybridized carbons (Fsp3) is 0.449. The maximum Gasteiger partial charge on any atom is 0.326 e. The van der Waals surface area contributed by atoms with Crippen molar-refractivity contribution in [3.8, 4) is 0 Å². The Morgan fingerprint density at radius 2 is 1.08 bits per heavy atom. The fourth-order valence-electron chi connectivity index (χ4n) is 7.43. The number of nitrogens with two attached hydrogens (primary N) is 5. The van der Waals surface area contributed by atoms with Gasteiger partial charge in [0, 0.05) is 36.5 Å². The average molecular weight is 1110 g/mol. The SMILES string of the molecule is CC(C)[C@H](N)C(=O)N[C@@H](CO)C(=O)NCC(=O)N[C@@H](Cc1c[nH]c2ccccc12)C(=O)NCC(=O)N[C@@H](CCCN=C(N)N)C(=O)N[C@@H](CC(N)=O)C(=O)N[C@@H](C)C(=O)N[C@@H](CC(N)=O)C(=O)N[C@@H](Cc1ccccc1)C(=O)O. The van der Waals surface area contributed by atoms with Gasteiger partial charge in [0.15, 0.2) is 5.96 Å². The molecule has 0 saturated heterocycles. The first kappa shape index (κ1) is 64.1. The van der Waals surface area contributed by atoms with Gasteiger partial charge in [0.25, 0.3) is 0 Å². The van der Waals surface area contributed by atoms with Crippen LogP contribution >= 0.6 is 0 Å². The molecule has 79 heavy (non-hydrogen) atoms. The highest BCUT2D eigenvalue weighted by Gasteiger charge is 2.33. The van der Waals surface area contributed by atoms with Gasteiger partial charge < -0.3 is 91.7 Å². The van der Waals surface area contributed by atoms with Crippen molar-refractivity contribution >= 4 is 87.8 Å². The molecule has 0 radical (unpaired) electrons.